The van der Waals surface area contributed by atoms with Crippen LogP contribution >= 0.6 is 0 Å². The molecule has 0 aliphatic rings. The Bertz CT molecular complexity index is 85.7. The van der Waals surface area contributed by atoms with Crippen molar-refractivity contribution in [1.82, 2.24) is 0 Å². The van der Waals surface area contributed by atoms with Crippen molar-refractivity contribution in [3.63, 3.8) is 0 Å². The summed E-state index contributed by atoms with van der Waals surface area (Å²) >= 11 is 0. The van der Waals surface area contributed by atoms with E-state index in [1.807, 2.05) is 0 Å². The lowest BCUT2D eigenvalue weighted by molar-refractivity contribution is 0.253. The van der Waals surface area contributed by atoms with Crippen molar-refractivity contribution in [3.05, 3.63) is 0 Å². The summed E-state index contributed by atoms with van der Waals surface area (Å²) < 4.78 is 0. The molecule has 0 spiro atoms. The maximum Gasteiger partial charge on any atom is 0.0437 e. The van der Waals surface area contributed by atoms with Gasteiger partial charge >= 0.3 is 0 Å². The Balaban J connectivity index is 3.29. The Kier molecular flexibility index (Phi) is 6.43. The molecular weight excluding hydrogens is 130 g/mol. The Labute approximate surface area is 61.2 Å². The first-order valence-electron chi connectivity index (χ1n) is 3.57. The third kappa shape index (κ3) is 4.47. The van der Waals surface area contributed by atoms with Gasteiger partial charge in [0.1, 0.15) is 0 Å². The SMILES string of the molecule is N=CC(CCO)CCCO. The van der Waals surface area contributed by atoms with E-state index >= 15 is 0 Å². The molecule has 0 bridgehead atoms. The number of nitrogens with one attached hydrogen (secondary N) is 1. The molecule has 0 aromatic carbocycles. The molecular formula is C7H15NO2. The molecule has 0 amide bonds. The molecule has 0 aromatic heterocycles. The summed E-state index contributed by atoms with van der Waals surface area (Å²) in [6.07, 6.45) is 3.51. The largest absolute Gasteiger partial charge is 0.396 e. The van der Waals surface area contributed by atoms with Gasteiger partial charge in [-0.3, -0.25) is 0 Å². The van der Waals surface area contributed by atoms with Gasteiger partial charge in [0.2, 0.25) is 0 Å². The van der Waals surface area contributed by atoms with Gasteiger partial charge in [0.15, 0.2) is 0 Å². The van der Waals surface area contributed by atoms with E-state index in [4.69, 9.17) is 15.6 Å². The van der Waals surface area contributed by atoms with Gasteiger partial charge in [-0.2, -0.15) is 0 Å². The van der Waals surface area contributed by atoms with Crippen LogP contribution in [0.4, 0.5) is 0 Å². The van der Waals surface area contributed by atoms with Gasteiger partial charge in [0, 0.05) is 13.2 Å². The van der Waals surface area contributed by atoms with Crippen molar-refractivity contribution in [3.8, 4) is 0 Å². The van der Waals surface area contributed by atoms with Crippen molar-refractivity contribution in [2.75, 3.05) is 13.2 Å². The second-order valence-electron chi connectivity index (χ2n) is 2.30. The van der Waals surface area contributed by atoms with E-state index in [1.54, 1.807) is 0 Å². The average molecular weight is 145 g/mol. The van der Waals surface area contributed by atoms with E-state index in [9.17, 15) is 0 Å². The first-order valence-corrected chi connectivity index (χ1v) is 3.57. The van der Waals surface area contributed by atoms with Gasteiger partial charge < -0.3 is 15.6 Å². The molecule has 60 valence electrons. The smallest absolute Gasteiger partial charge is 0.0437 e. The summed E-state index contributed by atoms with van der Waals surface area (Å²) in [6, 6.07) is 0. The molecule has 1 unspecified atom stereocenters. The minimum absolute atomic E-state index is 0.130. The predicted octanol–water partition coefficient (Wildman–Crippen LogP) is 0.407. The zero-order valence-electron chi connectivity index (χ0n) is 6.08. The fourth-order valence-electron chi connectivity index (χ4n) is 0.830. The van der Waals surface area contributed by atoms with Gasteiger partial charge in [-0.1, -0.05) is 0 Å². The van der Waals surface area contributed by atoms with Gasteiger partial charge in [0.05, 0.1) is 0 Å². The second-order valence-corrected chi connectivity index (χ2v) is 2.30. The Morgan fingerprint density at radius 1 is 1.20 bits per heavy atom. The fraction of sp³-hybridized carbons (Fsp3) is 0.857. The molecule has 3 heteroatoms. The van der Waals surface area contributed by atoms with Crippen molar-refractivity contribution in [2.24, 2.45) is 5.92 Å². The van der Waals surface area contributed by atoms with Crippen LogP contribution < -0.4 is 0 Å². The lowest BCUT2D eigenvalue weighted by Gasteiger charge is -2.06. The van der Waals surface area contributed by atoms with Crippen LogP contribution in [0.2, 0.25) is 0 Å². The van der Waals surface area contributed by atoms with E-state index in [2.05, 4.69) is 0 Å². The highest BCUT2D eigenvalue weighted by Crippen LogP contribution is 2.06. The highest BCUT2D eigenvalue weighted by atomic mass is 16.3. The summed E-state index contributed by atoms with van der Waals surface area (Å²) in [7, 11) is 0. The van der Waals surface area contributed by atoms with Crippen molar-refractivity contribution < 1.29 is 10.2 Å². The van der Waals surface area contributed by atoms with Crippen LogP contribution in [-0.4, -0.2) is 29.6 Å². The molecule has 0 heterocycles. The van der Waals surface area contributed by atoms with Crippen molar-refractivity contribution in [2.45, 2.75) is 19.3 Å². The summed E-state index contributed by atoms with van der Waals surface area (Å²) in [5, 5.41) is 23.9. The second kappa shape index (κ2) is 6.71. The van der Waals surface area contributed by atoms with Crippen LogP contribution in [0.3, 0.4) is 0 Å². The molecule has 10 heavy (non-hydrogen) atoms. The zero-order valence-corrected chi connectivity index (χ0v) is 6.08. The number of rotatable bonds is 6. The standard InChI is InChI=1S/C7H15NO2/c8-6-7(3-5-10)2-1-4-9/h6-10H,1-5H2. The lowest BCUT2D eigenvalue weighted by Crippen LogP contribution is -2.04. The highest BCUT2D eigenvalue weighted by molar-refractivity contribution is 5.56. The third-order valence-corrected chi connectivity index (χ3v) is 1.47. The number of aliphatic hydroxyl groups is 2. The van der Waals surface area contributed by atoms with Gasteiger partial charge in [-0.15, -0.1) is 0 Å². The van der Waals surface area contributed by atoms with Crippen LogP contribution in [-0.2, 0) is 0 Å². The molecule has 0 saturated carbocycles. The van der Waals surface area contributed by atoms with Gasteiger partial charge in [-0.25, -0.2) is 0 Å². The van der Waals surface area contributed by atoms with E-state index in [1.165, 1.54) is 6.21 Å². The summed E-state index contributed by atoms with van der Waals surface area (Å²) in [5.74, 6) is 0.150. The predicted molar refractivity (Wildman–Crippen MR) is 40.3 cm³/mol. The van der Waals surface area contributed by atoms with E-state index in [0.717, 1.165) is 12.8 Å². The molecule has 0 rings (SSSR count). The molecule has 0 aromatic rings. The first kappa shape index (κ1) is 9.59. The maximum atomic E-state index is 8.50. The molecule has 1 atom stereocenters. The highest BCUT2D eigenvalue weighted by Gasteiger charge is 2.02. The first-order chi connectivity index (χ1) is 4.85. The van der Waals surface area contributed by atoms with Crippen LogP contribution in [0.25, 0.3) is 0 Å². The molecule has 0 fully saturated rings. The van der Waals surface area contributed by atoms with E-state index < -0.39 is 0 Å². The summed E-state index contributed by atoms with van der Waals surface area (Å²) in [6.45, 7) is 0.307. The number of aliphatic hydroxyl groups excluding tert-OH is 2. The van der Waals surface area contributed by atoms with E-state index in [0.29, 0.717) is 6.42 Å². The zero-order chi connectivity index (χ0) is 7.82. The molecule has 3 nitrogen and oxygen atoms in total. The molecule has 0 aliphatic heterocycles. The van der Waals surface area contributed by atoms with Crippen LogP contribution in [0, 0.1) is 11.3 Å². The fourth-order valence-corrected chi connectivity index (χ4v) is 0.830. The minimum atomic E-state index is 0.130. The Hall–Kier alpha value is -0.410. The number of hydrogen-bond donors (Lipinski definition) is 3. The number of hydrogen-bond acceptors (Lipinski definition) is 3. The maximum absolute atomic E-state index is 8.50. The summed E-state index contributed by atoms with van der Waals surface area (Å²) in [4.78, 5) is 0. The van der Waals surface area contributed by atoms with Gasteiger partial charge in [-0.05, 0) is 31.4 Å². The Morgan fingerprint density at radius 3 is 2.30 bits per heavy atom. The Morgan fingerprint density at radius 2 is 1.90 bits per heavy atom. The monoisotopic (exact) mass is 145 g/mol. The topological polar surface area (TPSA) is 64.3 Å². The molecule has 3 N–H and O–H groups in total. The normalized spacial score (nSPS) is 13.0. The van der Waals surface area contributed by atoms with Gasteiger partial charge in [0.25, 0.3) is 0 Å². The lowest BCUT2D eigenvalue weighted by atomic mass is 10.0. The van der Waals surface area contributed by atoms with Crippen molar-refractivity contribution >= 4 is 6.21 Å². The van der Waals surface area contributed by atoms with E-state index in [-0.39, 0.29) is 19.1 Å². The van der Waals surface area contributed by atoms with Crippen LogP contribution in [0.15, 0.2) is 0 Å². The van der Waals surface area contributed by atoms with Crippen LogP contribution in [0.1, 0.15) is 19.3 Å². The quantitative estimate of drug-likeness (QED) is 0.474. The minimum Gasteiger partial charge on any atom is -0.396 e. The molecule has 0 radical (unpaired) electrons. The summed E-state index contributed by atoms with van der Waals surface area (Å²) in [5.41, 5.74) is 0. The van der Waals surface area contributed by atoms with Crippen LogP contribution in [0.5, 0.6) is 0 Å². The van der Waals surface area contributed by atoms with Crippen molar-refractivity contribution in [1.29, 1.82) is 5.41 Å². The third-order valence-electron chi connectivity index (χ3n) is 1.47. The molecule has 0 saturated heterocycles. The molecule has 0 aliphatic carbocycles. The average Bonchev–Trinajstić information content (AvgIpc) is 1.98.